The maximum Gasteiger partial charge on any atom is 0.268 e. The summed E-state index contributed by atoms with van der Waals surface area (Å²) >= 11 is 0. The van der Waals surface area contributed by atoms with Crippen molar-refractivity contribution in [2.45, 2.75) is 58.1 Å². The Morgan fingerprint density at radius 3 is 3.00 bits per heavy atom. The van der Waals surface area contributed by atoms with E-state index in [-0.39, 0.29) is 11.9 Å². The van der Waals surface area contributed by atoms with Gasteiger partial charge in [0.25, 0.3) is 5.91 Å². The van der Waals surface area contributed by atoms with Gasteiger partial charge in [-0.2, -0.15) is 0 Å². The summed E-state index contributed by atoms with van der Waals surface area (Å²) in [6.07, 6.45) is 5.68. The highest BCUT2D eigenvalue weighted by Gasteiger charge is 2.33. The number of nitrogens with one attached hydrogen (secondary N) is 1. The van der Waals surface area contributed by atoms with Gasteiger partial charge >= 0.3 is 0 Å². The van der Waals surface area contributed by atoms with Crippen LogP contribution < -0.4 is 5.32 Å². The first-order valence-corrected chi connectivity index (χ1v) is 7.59. The van der Waals surface area contributed by atoms with Crippen molar-refractivity contribution >= 4 is 5.91 Å². The van der Waals surface area contributed by atoms with E-state index in [0.717, 1.165) is 19.3 Å². The fourth-order valence-corrected chi connectivity index (χ4v) is 3.16. The topological polar surface area (TPSA) is 54.3 Å². The van der Waals surface area contributed by atoms with E-state index in [1.807, 2.05) is 36.7 Å². The molecule has 1 aromatic rings. The summed E-state index contributed by atoms with van der Waals surface area (Å²) < 4.78 is 1.95. The van der Waals surface area contributed by atoms with E-state index in [0.29, 0.717) is 18.2 Å². The molecule has 2 unspecified atom stereocenters. The highest BCUT2D eigenvalue weighted by atomic mass is 16.3. The number of nitrogens with zero attached hydrogens (tertiary/aromatic N) is 1. The Morgan fingerprint density at radius 2 is 2.35 bits per heavy atom. The van der Waals surface area contributed by atoms with Crippen LogP contribution in [0.3, 0.4) is 0 Å². The van der Waals surface area contributed by atoms with Crippen LogP contribution in [0, 0.1) is 5.92 Å². The Kier molecular flexibility index (Phi) is 4.53. The molecule has 2 atom stereocenters. The average molecular weight is 278 g/mol. The standard InChI is InChI=1S/C16H26N2O2/c1-12(2)18-9-5-7-14(18)15(19)17-11-16(20)8-4-6-13(3)10-16/h5,7,9,12-13,20H,4,6,8,10-11H2,1-3H3,(H,17,19). The van der Waals surface area contributed by atoms with E-state index in [4.69, 9.17) is 0 Å². The van der Waals surface area contributed by atoms with Crippen molar-refractivity contribution in [1.29, 1.82) is 0 Å². The summed E-state index contributed by atoms with van der Waals surface area (Å²) in [5.41, 5.74) is -0.0739. The summed E-state index contributed by atoms with van der Waals surface area (Å²) in [6, 6.07) is 3.96. The zero-order valence-corrected chi connectivity index (χ0v) is 12.7. The van der Waals surface area contributed by atoms with Gasteiger partial charge in [0.15, 0.2) is 0 Å². The molecular weight excluding hydrogens is 252 g/mol. The molecule has 1 fully saturated rings. The summed E-state index contributed by atoms with van der Waals surface area (Å²) in [6.45, 7) is 6.61. The summed E-state index contributed by atoms with van der Waals surface area (Å²) in [5, 5.41) is 13.4. The second-order valence-corrected chi connectivity index (χ2v) is 6.50. The molecule has 4 heteroatoms. The molecule has 0 saturated heterocycles. The zero-order valence-electron chi connectivity index (χ0n) is 12.7. The number of carbonyl (C=O) groups is 1. The van der Waals surface area contributed by atoms with E-state index in [2.05, 4.69) is 12.2 Å². The van der Waals surface area contributed by atoms with Crippen molar-refractivity contribution in [2.75, 3.05) is 6.54 Å². The van der Waals surface area contributed by atoms with Gasteiger partial charge in [-0.15, -0.1) is 0 Å². The van der Waals surface area contributed by atoms with Crippen LogP contribution >= 0.6 is 0 Å². The monoisotopic (exact) mass is 278 g/mol. The minimum absolute atomic E-state index is 0.102. The SMILES string of the molecule is CC1CCCC(O)(CNC(=O)c2cccn2C(C)C)C1. The molecule has 1 aromatic heterocycles. The Hall–Kier alpha value is -1.29. The van der Waals surface area contributed by atoms with Crippen molar-refractivity contribution < 1.29 is 9.90 Å². The number of rotatable bonds is 4. The summed E-state index contributed by atoms with van der Waals surface area (Å²) in [4.78, 5) is 12.3. The fourth-order valence-electron chi connectivity index (χ4n) is 3.16. The number of hydrogen-bond acceptors (Lipinski definition) is 2. The predicted molar refractivity (Wildman–Crippen MR) is 79.7 cm³/mol. The molecule has 0 radical (unpaired) electrons. The van der Waals surface area contributed by atoms with Crippen molar-refractivity contribution in [2.24, 2.45) is 5.92 Å². The highest BCUT2D eigenvalue weighted by molar-refractivity contribution is 5.92. The molecular formula is C16H26N2O2. The quantitative estimate of drug-likeness (QED) is 0.889. The normalized spacial score (nSPS) is 26.8. The first kappa shape index (κ1) is 15.1. The Bertz CT molecular complexity index is 467. The van der Waals surface area contributed by atoms with Crippen molar-refractivity contribution in [3.63, 3.8) is 0 Å². The van der Waals surface area contributed by atoms with Crippen molar-refractivity contribution in [1.82, 2.24) is 9.88 Å². The zero-order chi connectivity index (χ0) is 14.8. The molecule has 0 aromatic carbocycles. The Labute approximate surface area is 121 Å². The maximum atomic E-state index is 12.3. The lowest BCUT2D eigenvalue weighted by molar-refractivity contribution is -0.0110. The van der Waals surface area contributed by atoms with Gasteiger partial charge in [0.05, 0.1) is 5.60 Å². The lowest BCUT2D eigenvalue weighted by Gasteiger charge is -2.35. The number of aromatic nitrogens is 1. The van der Waals surface area contributed by atoms with E-state index in [1.54, 1.807) is 0 Å². The first-order valence-electron chi connectivity index (χ1n) is 7.59. The Morgan fingerprint density at radius 1 is 1.60 bits per heavy atom. The molecule has 2 N–H and O–H groups in total. The molecule has 1 saturated carbocycles. The van der Waals surface area contributed by atoms with Gasteiger partial charge < -0.3 is 15.0 Å². The molecule has 112 valence electrons. The molecule has 0 aliphatic heterocycles. The maximum absolute atomic E-state index is 12.3. The molecule has 0 bridgehead atoms. The average Bonchev–Trinajstić information content (AvgIpc) is 2.85. The minimum atomic E-state index is -0.734. The van der Waals surface area contributed by atoms with Crippen LogP contribution in [0.1, 0.15) is 63.0 Å². The lowest BCUT2D eigenvalue weighted by Crippen LogP contribution is -2.46. The Balaban J connectivity index is 1.96. The molecule has 1 aliphatic rings. The van der Waals surface area contributed by atoms with Crippen LogP contribution in [-0.4, -0.2) is 27.7 Å². The summed E-state index contributed by atoms with van der Waals surface area (Å²) in [5.74, 6) is 0.431. The van der Waals surface area contributed by atoms with Gasteiger partial charge in [0.2, 0.25) is 0 Å². The van der Waals surface area contributed by atoms with Crippen molar-refractivity contribution in [3.8, 4) is 0 Å². The van der Waals surface area contributed by atoms with E-state index in [9.17, 15) is 9.90 Å². The van der Waals surface area contributed by atoms with Gasteiger partial charge in [-0.3, -0.25) is 4.79 Å². The van der Waals surface area contributed by atoms with Crippen molar-refractivity contribution in [3.05, 3.63) is 24.0 Å². The van der Waals surface area contributed by atoms with E-state index >= 15 is 0 Å². The third kappa shape index (κ3) is 3.42. The number of amides is 1. The first-order chi connectivity index (χ1) is 9.41. The minimum Gasteiger partial charge on any atom is -0.388 e. The third-order valence-corrected chi connectivity index (χ3v) is 4.21. The van der Waals surface area contributed by atoms with Gasteiger partial charge in [0, 0.05) is 18.8 Å². The number of aliphatic hydroxyl groups is 1. The lowest BCUT2D eigenvalue weighted by atomic mass is 9.79. The molecule has 20 heavy (non-hydrogen) atoms. The van der Waals surface area contributed by atoms with E-state index < -0.39 is 5.60 Å². The highest BCUT2D eigenvalue weighted by Crippen LogP contribution is 2.31. The van der Waals surface area contributed by atoms with Gasteiger partial charge in [-0.05, 0) is 44.7 Å². The van der Waals surface area contributed by atoms with Gasteiger partial charge in [-0.1, -0.05) is 19.8 Å². The smallest absolute Gasteiger partial charge is 0.268 e. The molecule has 4 nitrogen and oxygen atoms in total. The number of hydrogen-bond donors (Lipinski definition) is 2. The van der Waals surface area contributed by atoms with Crippen LogP contribution in [0.4, 0.5) is 0 Å². The second kappa shape index (κ2) is 6.00. The third-order valence-electron chi connectivity index (χ3n) is 4.21. The molecule has 2 rings (SSSR count). The molecule has 0 spiro atoms. The van der Waals surface area contributed by atoms with Gasteiger partial charge in [0.1, 0.15) is 5.69 Å². The summed E-state index contributed by atoms with van der Waals surface area (Å²) in [7, 11) is 0. The van der Waals surface area contributed by atoms with Gasteiger partial charge in [-0.25, -0.2) is 0 Å². The van der Waals surface area contributed by atoms with Crippen LogP contribution in [0.25, 0.3) is 0 Å². The molecule has 1 aliphatic carbocycles. The van der Waals surface area contributed by atoms with Crippen LogP contribution in [0.2, 0.25) is 0 Å². The largest absolute Gasteiger partial charge is 0.388 e. The molecule has 1 heterocycles. The van der Waals surface area contributed by atoms with Crippen LogP contribution in [0.15, 0.2) is 18.3 Å². The van der Waals surface area contributed by atoms with Crippen LogP contribution in [0.5, 0.6) is 0 Å². The van der Waals surface area contributed by atoms with Crippen LogP contribution in [-0.2, 0) is 0 Å². The second-order valence-electron chi connectivity index (χ2n) is 6.50. The number of carbonyl (C=O) groups excluding carboxylic acids is 1. The van der Waals surface area contributed by atoms with E-state index in [1.165, 1.54) is 6.42 Å². The molecule has 1 amide bonds. The fraction of sp³-hybridized carbons (Fsp3) is 0.688. The predicted octanol–water partition coefficient (Wildman–Crippen LogP) is 2.74.